The lowest BCUT2D eigenvalue weighted by Crippen LogP contribution is -2.40. The number of hydrogen-bond donors (Lipinski definition) is 0. The first-order valence-corrected chi connectivity index (χ1v) is 9.31. The summed E-state index contributed by atoms with van der Waals surface area (Å²) in [6, 6.07) is 5.27. The zero-order valence-electron chi connectivity index (χ0n) is 15.9. The van der Waals surface area contributed by atoms with Crippen molar-refractivity contribution in [3.05, 3.63) is 60.3 Å². The zero-order chi connectivity index (χ0) is 19.0. The number of hydrogen-bond acceptors (Lipinski definition) is 5. The van der Waals surface area contributed by atoms with Crippen molar-refractivity contribution < 1.29 is 9.13 Å². The summed E-state index contributed by atoms with van der Waals surface area (Å²) in [4.78, 5) is 11.4. The molecule has 3 aliphatic rings. The Morgan fingerprint density at radius 2 is 2.15 bits per heavy atom. The fraction of sp³-hybridized carbons (Fsp3) is 0.381. The van der Waals surface area contributed by atoms with Crippen LogP contribution in [0, 0.1) is 5.82 Å². The van der Waals surface area contributed by atoms with Gasteiger partial charge in [0.25, 0.3) is 0 Å². The Morgan fingerprint density at radius 3 is 2.96 bits per heavy atom. The summed E-state index contributed by atoms with van der Waals surface area (Å²) >= 11 is 0. The van der Waals surface area contributed by atoms with E-state index in [1.165, 1.54) is 6.07 Å². The minimum atomic E-state index is -0.311. The quantitative estimate of drug-likeness (QED) is 0.763. The predicted molar refractivity (Wildman–Crippen MR) is 106 cm³/mol. The summed E-state index contributed by atoms with van der Waals surface area (Å²) in [6.07, 6.45) is 6.73. The number of halogens is 1. The van der Waals surface area contributed by atoms with Gasteiger partial charge in [0.15, 0.2) is 0 Å². The normalized spacial score (nSPS) is 27.7. The molecule has 1 saturated heterocycles. The summed E-state index contributed by atoms with van der Waals surface area (Å²) in [5, 5.41) is 0. The summed E-state index contributed by atoms with van der Waals surface area (Å²) in [5.41, 5.74) is 1.10. The molecule has 6 heteroatoms. The van der Waals surface area contributed by atoms with E-state index in [-0.39, 0.29) is 5.82 Å². The maximum atomic E-state index is 14.6. The number of amidine groups is 1. The van der Waals surface area contributed by atoms with Crippen LogP contribution in [0.1, 0.15) is 12.0 Å². The molecular weight excluding hydrogens is 343 g/mol. The molecule has 6 bridgehead atoms. The maximum Gasteiger partial charge on any atom is 0.142 e. The molecule has 2 atom stereocenters. The van der Waals surface area contributed by atoms with E-state index in [0.717, 1.165) is 31.9 Å². The van der Waals surface area contributed by atoms with E-state index in [9.17, 15) is 4.39 Å². The largest absolute Gasteiger partial charge is 0.492 e. The second-order valence-electron chi connectivity index (χ2n) is 7.18. The van der Waals surface area contributed by atoms with Crippen molar-refractivity contribution in [2.45, 2.75) is 12.5 Å². The minimum Gasteiger partial charge on any atom is -0.492 e. The molecule has 0 aromatic heterocycles. The number of rotatable bonds is 1. The number of nitrogens with zero attached hydrogens (tertiary/aromatic N) is 4. The molecule has 5 nitrogen and oxygen atoms in total. The Kier molecular flexibility index (Phi) is 4.74. The lowest BCUT2D eigenvalue weighted by molar-refractivity contribution is 0.228. The third-order valence-corrected chi connectivity index (χ3v) is 5.51. The number of benzene rings is 1. The highest BCUT2D eigenvalue weighted by molar-refractivity contribution is 5.95. The standard InChI is InChI=1S/C21H25FN4O/c1-4-17-18-13-16(5-6-19(18)22)27-12-11-26-10-7-15(14-26)25(3)20-8-9-24(2)21(17)23-20/h4-6,8-9,13,15H,1,7,10-12,14H2,2-3H3/b21-17+/t15-/m1/s1. The molecule has 3 heterocycles. The molecule has 0 spiro atoms. The van der Waals surface area contributed by atoms with Gasteiger partial charge in [0.05, 0.1) is 0 Å². The fourth-order valence-corrected chi connectivity index (χ4v) is 3.85. The molecule has 142 valence electrons. The molecule has 0 radical (unpaired) electrons. The predicted octanol–water partition coefficient (Wildman–Crippen LogP) is 2.94. The first-order chi connectivity index (χ1) is 13.1. The number of aliphatic imine (C=N–C) groups is 1. The monoisotopic (exact) mass is 368 g/mol. The molecule has 1 aromatic carbocycles. The topological polar surface area (TPSA) is 31.3 Å². The van der Waals surface area contributed by atoms with Gasteiger partial charge in [-0.05, 0) is 30.7 Å². The highest BCUT2D eigenvalue weighted by Gasteiger charge is 2.28. The van der Waals surface area contributed by atoms with Crippen LogP contribution in [0.25, 0.3) is 5.57 Å². The molecule has 27 heavy (non-hydrogen) atoms. The Morgan fingerprint density at radius 1 is 1.30 bits per heavy atom. The SMILES string of the molecule is C=C/C1=C2/N=C(C=CN2C)N(C)[C@@H]2CCN(CCOc3ccc(F)c1c3)C2. The number of likely N-dealkylation sites (N-methyl/N-ethyl adjacent to an activating group) is 1. The lowest BCUT2D eigenvalue weighted by atomic mass is 10.0. The molecular formula is C21H25FN4O. The second-order valence-corrected chi connectivity index (χ2v) is 7.18. The van der Waals surface area contributed by atoms with Crippen LogP contribution in [0.3, 0.4) is 0 Å². The summed E-state index contributed by atoms with van der Waals surface area (Å²) in [6.45, 7) is 7.39. The van der Waals surface area contributed by atoms with Crippen LogP contribution in [0.15, 0.2) is 53.9 Å². The van der Waals surface area contributed by atoms with E-state index in [2.05, 4.69) is 23.4 Å². The molecule has 0 amide bonds. The highest BCUT2D eigenvalue weighted by atomic mass is 19.1. The van der Waals surface area contributed by atoms with Crippen molar-refractivity contribution in [2.75, 3.05) is 40.3 Å². The van der Waals surface area contributed by atoms with E-state index < -0.39 is 0 Å². The molecule has 4 rings (SSSR count). The van der Waals surface area contributed by atoms with E-state index in [1.807, 2.05) is 24.2 Å². The lowest BCUT2D eigenvalue weighted by Gasteiger charge is -2.31. The Bertz CT molecular complexity index is 845. The summed E-state index contributed by atoms with van der Waals surface area (Å²) < 4.78 is 20.5. The van der Waals surface area contributed by atoms with Crippen molar-refractivity contribution in [3.63, 3.8) is 0 Å². The molecule has 0 N–H and O–H groups in total. The Labute approximate surface area is 159 Å². The van der Waals surface area contributed by atoms with Crippen molar-refractivity contribution in [2.24, 2.45) is 4.99 Å². The highest BCUT2D eigenvalue weighted by Crippen LogP contribution is 2.30. The van der Waals surface area contributed by atoms with Crippen LogP contribution in [0.2, 0.25) is 0 Å². The van der Waals surface area contributed by atoms with Crippen molar-refractivity contribution >= 4 is 11.4 Å². The van der Waals surface area contributed by atoms with Crippen molar-refractivity contribution in [1.29, 1.82) is 0 Å². The van der Waals surface area contributed by atoms with Gasteiger partial charge in [-0.25, -0.2) is 9.38 Å². The van der Waals surface area contributed by atoms with E-state index >= 15 is 0 Å². The van der Waals surface area contributed by atoms with Crippen molar-refractivity contribution in [1.82, 2.24) is 14.7 Å². The van der Waals surface area contributed by atoms with Gasteiger partial charge in [-0.1, -0.05) is 12.7 Å². The average molecular weight is 368 g/mol. The van der Waals surface area contributed by atoms with E-state index in [1.54, 1.807) is 18.2 Å². The number of ether oxygens (including phenoxy) is 1. The molecule has 3 aliphatic heterocycles. The maximum absolute atomic E-state index is 14.6. The average Bonchev–Trinajstić information content (AvgIpc) is 3.13. The molecule has 1 fully saturated rings. The van der Waals surface area contributed by atoms with Crippen LogP contribution in [-0.4, -0.2) is 66.9 Å². The smallest absolute Gasteiger partial charge is 0.142 e. The fourth-order valence-electron chi connectivity index (χ4n) is 3.85. The first-order valence-electron chi connectivity index (χ1n) is 9.31. The van der Waals surface area contributed by atoms with Gasteiger partial charge in [0, 0.05) is 57.1 Å². The van der Waals surface area contributed by atoms with Gasteiger partial charge < -0.3 is 14.5 Å². The van der Waals surface area contributed by atoms with Gasteiger partial charge in [0.1, 0.15) is 29.8 Å². The molecule has 1 unspecified atom stereocenters. The van der Waals surface area contributed by atoms with Gasteiger partial charge in [-0.2, -0.15) is 0 Å². The molecule has 1 aromatic rings. The van der Waals surface area contributed by atoms with Gasteiger partial charge in [-0.3, -0.25) is 4.90 Å². The number of fused-ring (bicyclic) bond motifs is 5. The Balaban J connectivity index is 1.86. The first kappa shape index (κ1) is 17.8. The minimum absolute atomic E-state index is 0.311. The van der Waals surface area contributed by atoms with Crippen LogP contribution >= 0.6 is 0 Å². The third kappa shape index (κ3) is 3.37. The zero-order valence-corrected chi connectivity index (χ0v) is 15.9. The van der Waals surface area contributed by atoms with E-state index in [4.69, 9.17) is 9.73 Å². The van der Waals surface area contributed by atoms with Gasteiger partial charge in [-0.15, -0.1) is 0 Å². The molecule has 0 saturated carbocycles. The second kappa shape index (κ2) is 7.19. The van der Waals surface area contributed by atoms with Gasteiger partial charge in [0.2, 0.25) is 0 Å². The van der Waals surface area contributed by atoms with Crippen LogP contribution < -0.4 is 4.74 Å². The summed E-state index contributed by atoms with van der Waals surface area (Å²) in [7, 11) is 3.99. The molecule has 0 aliphatic carbocycles. The van der Waals surface area contributed by atoms with Gasteiger partial charge >= 0.3 is 0 Å². The van der Waals surface area contributed by atoms with E-state index in [0.29, 0.717) is 35.4 Å². The van der Waals surface area contributed by atoms with Crippen LogP contribution in [-0.2, 0) is 0 Å². The van der Waals surface area contributed by atoms with Crippen LogP contribution in [0.5, 0.6) is 5.75 Å². The number of allylic oxidation sites excluding steroid dienone is 2. The Hall–Kier alpha value is -2.60. The third-order valence-electron chi connectivity index (χ3n) is 5.51. The van der Waals surface area contributed by atoms with Crippen LogP contribution in [0.4, 0.5) is 4.39 Å². The summed E-state index contributed by atoms with van der Waals surface area (Å²) in [5.74, 6) is 1.92. The van der Waals surface area contributed by atoms with Crippen molar-refractivity contribution in [3.8, 4) is 5.75 Å².